The zero-order valence-electron chi connectivity index (χ0n) is 10.3. The maximum Gasteiger partial charge on any atom is 0.0794 e. The van der Waals surface area contributed by atoms with Crippen LogP contribution in [0.25, 0.3) is 0 Å². The first-order chi connectivity index (χ1) is 7.23. The molecular formula is C13H23NS. The van der Waals surface area contributed by atoms with E-state index < -0.39 is 0 Å². The minimum absolute atomic E-state index is 0.382. The molecule has 0 saturated carbocycles. The van der Waals surface area contributed by atoms with Gasteiger partial charge in [-0.3, -0.25) is 4.98 Å². The standard InChI is InChI=1S/C13H23NS/c1-4-6-8-13(3,9-7-5-2)12-10-14-11-15-12/h10-11H,4-9H2,1-3H3. The lowest BCUT2D eigenvalue weighted by Crippen LogP contribution is -2.20. The van der Waals surface area contributed by atoms with Crippen LogP contribution < -0.4 is 0 Å². The lowest BCUT2D eigenvalue weighted by Gasteiger charge is -2.28. The van der Waals surface area contributed by atoms with Gasteiger partial charge in [0.1, 0.15) is 0 Å². The Balaban J connectivity index is 2.67. The number of thiazole rings is 1. The summed E-state index contributed by atoms with van der Waals surface area (Å²) >= 11 is 1.82. The van der Waals surface area contributed by atoms with Crippen LogP contribution in [0.4, 0.5) is 0 Å². The zero-order chi connectivity index (χ0) is 11.1. The van der Waals surface area contributed by atoms with Gasteiger partial charge >= 0.3 is 0 Å². The molecule has 15 heavy (non-hydrogen) atoms. The molecule has 1 rings (SSSR count). The van der Waals surface area contributed by atoms with Crippen LogP contribution in [0, 0.1) is 0 Å². The lowest BCUT2D eigenvalue weighted by atomic mass is 9.79. The average Bonchev–Trinajstić information content (AvgIpc) is 2.77. The number of rotatable bonds is 7. The predicted octanol–water partition coefficient (Wildman–Crippen LogP) is 4.78. The summed E-state index contributed by atoms with van der Waals surface area (Å²) in [5.41, 5.74) is 2.35. The summed E-state index contributed by atoms with van der Waals surface area (Å²) < 4.78 is 0. The molecule has 1 aromatic heterocycles. The maximum absolute atomic E-state index is 4.22. The van der Waals surface area contributed by atoms with Crippen LogP contribution in [-0.2, 0) is 5.41 Å². The molecule has 1 heterocycles. The third-order valence-corrected chi connectivity index (χ3v) is 4.27. The molecule has 0 N–H and O–H groups in total. The van der Waals surface area contributed by atoms with Crippen molar-refractivity contribution in [3.8, 4) is 0 Å². The molecule has 2 heteroatoms. The fourth-order valence-corrected chi connectivity index (χ4v) is 2.86. The minimum Gasteiger partial charge on any atom is -0.253 e. The molecule has 0 aliphatic heterocycles. The van der Waals surface area contributed by atoms with Gasteiger partial charge < -0.3 is 0 Å². The van der Waals surface area contributed by atoms with Gasteiger partial charge in [-0.1, -0.05) is 46.5 Å². The van der Waals surface area contributed by atoms with E-state index in [-0.39, 0.29) is 0 Å². The molecule has 0 spiro atoms. The van der Waals surface area contributed by atoms with Crippen molar-refractivity contribution in [2.45, 2.75) is 64.7 Å². The van der Waals surface area contributed by atoms with Gasteiger partial charge in [0.05, 0.1) is 5.51 Å². The SMILES string of the molecule is CCCCC(C)(CCCC)c1cncs1. The number of hydrogen-bond donors (Lipinski definition) is 0. The van der Waals surface area contributed by atoms with Crippen molar-refractivity contribution in [2.24, 2.45) is 0 Å². The van der Waals surface area contributed by atoms with Gasteiger partial charge in [0, 0.05) is 16.5 Å². The van der Waals surface area contributed by atoms with Crippen LogP contribution in [0.5, 0.6) is 0 Å². The Morgan fingerprint density at radius 1 is 1.20 bits per heavy atom. The third-order valence-electron chi connectivity index (χ3n) is 3.19. The van der Waals surface area contributed by atoms with Crippen LogP contribution in [0.3, 0.4) is 0 Å². The summed E-state index contributed by atoms with van der Waals surface area (Å²) in [5.74, 6) is 0. The fourth-order valence-electron chi connectivity index (χ4n) is 2.02. The molecule has 0 aromatic carbocycles. The van der Waals surface area contributed by atoms with E-state index in [1.165, 1.54) is 43.4 Å². The zero-order valence-corrected chi connectivity index (χ0v) is 11.1. The van der Waals surface area contributed by atoms with Gasteiger partial charge in [-0.15, -0.1) is 11.3 Å². The second-order valence-electron chi connectivity index (χ2n) is 4.63. The number of unbranched alkanes of at least 4 members (excludes halogenated alkanes) is 2. The van der Waals surface area contributed by atoms with E-state index in [1.807, 2.05) is 16.8 Å². The van der Waals surface area contributed by atoms with Crippen LogP contribution in [-0.4, -0.2) is 4.98 Å². The van der Waals surface area contributed by atoms with Gasteiger partial charge in [-0.05, 0) is 12.8 Å². The highest BCUT2D eigenvalue weighted by molar-refractivity contribution is 7.09. The largest absolute Gasteiger partial charge is 0.253 e. The summed E-state index contributed by atoms with van der Waals surface area (Å²) in [6.07, 6.45) is 9.94. The highest BCUT2D eigenvalue weighted by Gasteiger charge is 2.26. The molecule has 1 aromatic rings. The van der Waals surface area contributed by atoms with E-state index in [0.29, 0.717) is 5.41 Å². The van der Waals surface area contributed by atoms with Crippen molar-refractivity contribution >= 4 is 11.3 Å². The predicted molar refractivity (Wildman–Crippen MR) is 68.5 cm³/mol. The Bertz CT molecular complexity index is 246. The van der Waals surface area contributed by atoms with E-state index >= 15 is 0 Å². The van der Waals surface area contributed by atoms with Gasteiger partial charge in [-0.25, -0.2) is 0 Å². The van der Waals surface area contributed by atoms with Crippen LogP contribution in [0.2, 0.25) is 0 Å². The van der Waals surface area contributed by atoms with E-state index in [1.54, 1.807) is 0 Å². The molecule has 0 atom stereocenters. The Morgan fingerprint density at radius 3 is 2.20 bits per heavy atom. The number of aromatic nitrogens is 1. The summed E-state index contributed by atoms with van der Waals surface area (Å²) in [7, 11) is 0. The summed E-state index contributed by atoms with van der Waals surface area (Å²) in [5, 5.41) is 0. The quantitative estimate of drug-likeness (QED) is 0.650. The highest BCUT2D eigenvalue weighted by atomic mass is 32.1. The Morgan fingerprint density at radius 2 is 1.80 bits per heavy atom. The molecule has 1 nitrogen and oxygen atoms in total. The Kier molecular flexibility index (Phi) is 5.30. The molecule has 0 fully saturated rings. The molecule has 0 saturated heterocycles. The van der Waals surface area contributed by atoms with Gasteiger partial charge in [-0.2, -0.15) is 0 Å². The molecule has 0 aliphatic rings. The molecule has 86 valence electrons. The van der Waals surface area contributed by atoms with E-state index in [2.05, 4.69) is 32.0 Å². The molecule has 0 aliphatic carbocycles. The normalized spacial score (nSPS) is 11.9. The van der Waals surface area contributed by atoms with Crippen molar-refractivity contribution < 1.29 is 0 Å². The van der Waals surface area contributed by atoms with E-state index in [4.69, 9.17) is 0 Å². The van der Waals surface area contributed by atoms with Gasteiger partial charge in [0.15, 0.2) is 0 Å². The number of hydrogen-bond acceptors (Lipinski definition) is 2. The lowest BCUT2D eigenvalue weighted by molar-refractivity contribution is 0.380. The number of nitrogens with zero attached hydrogens (tertiary/aromatic N) is 1. The smallest absolute Gasteiger partial charge is 0.0794 e. The van der Waals surface area contributed by atoms with Gasteiger partial charge in [0.25, 0.3) is 0 Å². The van der Waals surface area contributed by atoms with Gasteiger partial charge in [0.2, 0.25) is 0 Å². The second kappa shape index (κ2) is 6.26. The van der Waals surface area contributed by atoms with Crippen molar-refractivity contribution in [3.63, 3.8) is 0 Å². The van der Waals surface area contributed by atoms with Crippen molar-refractivity contribution in [1.82, 2.24) is 4.98 Å². The molecule has 0 radical (unpaired) electrons. The van der Waals surface area contributed by atoms with Crippen molar-refractivity contribution in [2.75, 3.05) is 0 Å². The van der Waals surface area contributed by atoms with Crippen LogP contribution in [0.15, 0.2) is 11.7 Å². The molecule has 0 unspecified atom stereocenters. The third kappa shape index (κ3) is 3.60. The summed E-state index contributed by atoms with van der Waals surface area (Å²) in [6, 6.07) is 0. The first kappa shape index (κ1) is 12.7. The fraction of sp³-hybridized carbons (Fsp3) is 0.769. The first-order valence-electron chi connectivity index (χ1n) is 6.12. The Hall–Kier alpha value is -0.370. The molecule has 0 amide bonds. The monoisotopic (exact) mass is 225 g/mol. The topological polar surface area (TPSA) is 12.9 Å². The van der Waals surface area contributed by atoms with Crippen molar-refractivity contribution in [1.29, 1.82) is 0 Å². The maximum atomic E-state index is 4.22. The van der Waals surface area contributed by atoms with Crippen molar-refractivity contribution in [3.05, 3.63) is 16.6 Å². The minimum atomic E-state index is 0.382. The first-order valence-corrected chi connectivity index (χ1v) is 7.00. The summed E-state index contributed by atoms with van der Waals surface area (Å²) in [6.45, 7) is 6.95. The second-order valence-corrected chi connectivity index (χ2v) is 5.52. The average molecular weight is 225 g/mol. The van der Waals surface area contributed by atoms with Crippen LogP contribution >= 0.6 is 11.3 Å². The molecular weight excluding hydrogens is 202 g/mol. The Labute approximate surface area is 97.9 Å². The van der Waals surface area contributed by atoms with Crippen LogP contribution in [0.1, 0.15) is 64.2 Å². The van der Waals surface area contributed by atoms with E-state index in [0.717, 1.165) is 0 Å². The molecule has 0 bridgehead atoms. The summed E-state index contributed by atoms with van der Waals surface area (Å²) in [4.78, 5) is 5.70. The highest BCUT2D eigenvalue weighted by Crippen LogP contribution is 2.36. The van der Waals surface area contributed by atoms with E-state index in [9.17, 15) is 0 Å².